The second-order valence-corrected chi connectivity index (χ2v) is 6.07. The lowest BCUT2D eigenvalue weighted by atomic mass is 9.60. The van der Waals surface area contributed by atoms with Gasteiger partial charge in [-0.3, -0.25) is 9.59 Å². The Kier molecular flexibility index (Phi) is 2.19. The van der Waals surface area contributed by atoms with E-state index in [0.717, 1.165) is 11.3 Å². The van der Waals surface area contributed by atoms with Crippen LogP contribution in [0.5, 0.6) is 0 Å². The molecule has 18 heavy (non-hydrogen) atoms. The van der Waals surface area contributed by atoms with E-state index >= 15 is 0 Å². The molecule has 0 radical (unpaired) electrons. The van der Waals surface area contributed by atoms with Crippen LogP contribution in [0.25, 0.3) is 0 Å². The van der Waals surface area contributed by atoms with Crippen LogP contribution >= 0.6 is 0 Å². The standard InChI is InChI=1S/C15H17NO2/c1-14(2)9-15(8-7-12(14)17)10-5-3-4-6-11(10)16-13(15)18/h3-6H,7-9H2,1-2H3,(H,16,18). The maximum atomic E-state index is 12.4. The summed E-state index contributed by atoms with van der Waals surface area (Å²) in [5.74, 6) is 0.328. The number of fused-ring (bicyclic) bond motifs is 2. The second-order valence-electron chi connectivity index (χ2n) is 6.07. The van der Waals surface area contributed by atoms with Crippen molar-refractivity contribution < 1.29 is 9.59 Å². The van der Waals surface area contributed by atoms with Crippen LogP contribution in [0.1, 0.15) is 38.7 Å². The van der Waals surface area contributed by atoms with Crippen molar-refractivity contribution >= 4 is 17.4 Å². The van der Waals surface area contributed by atoms with Crippen LogP contribution in [0.2, 0.25) is 0 Å². The van der Waals surface area contributed by atoms with Crippen molar-refractivity contribution in [1.82, 2.24) is 0 Å². The van der Waals surface area contributed by atoms with Gasteiger partial charge in [-0.1, -0.05) is 32.0 Å². The quantitative estimate of drug-likeness (QED) is 0.761. The monoisotopic (exact) mass is 243 g/mol. The first-order valence-electron chi connectivity index (χ1n) is 6.40. The number of nitrogens with one attached hydrogen (secondary N) is 1. The molecule has 0 saturated heterocycles. The van der Waals surface area contributed by atoms with Gasteiger partial charge < -0.3 is 5.32 Å². The van der Waals surface area contributed by atoms with Crippen molar-refractivity contribution in [3.63, 3.8) is 0 Å². The molecule has 94 valence electrons. The fourth-order valence-electron chi connectivity index (χ4n) is 3.40. The number of Topliss-reactive ketones (excluding diaryl/α,β-unsaturated/α-hetero) is 1. The predicted octanol–water partition coefficient (Wildman–Crippen LogP) is 2.66. The highest BCUT2D eigenvalue weighted by atomic mass is 16.2. The van der Waals surface area contributed by atoms with E-state index in [1.165, 1.54) is 0 Å². The third kappa shape index (κ3) is 1.36. The van der Waals surface area contributed by atoms with Gasteiger partial charge in [0.25, 0.3) is 0 Å². The van der Waals surface area contributed by atoms with Crippen LogP contribution in [0.15, 0.2) is 24.3 Å². The van der Waals surface area contributed by atoms with Gasteiger partial charge in [-0.2, -0.15) is 0 Å². The fraction of sp³-hybridized carbons (Fsp3) is 0.467. The molecule has 2 aliphatic rings. The van der Waals surface area contributed by atoms with Crippen molar-refractivity contribution in [2.24, 2.45) is 5.41 Å². The molecule has 1 unspecified atom stereocenters. The zero-order chi connectivity index (χ0) is 13.0. The number of benzene rings is 1. The molecule has 0 bridgehead atoms. The topological polar surface area (TPSA) is 46.2 Å². The molecule has 3 heteroatoms. The molecule has 0 aromatic heterocycles. The summed E-state index contributed by atoms with van der Waals surface area (Å²) in [5.41, 5.74) is 1.07. The van der Waals surface area contributed by atoms with Crippen LogP contribution in [0.3, 0.4) is 0 Å². The van der Waals surface area contributed by atoms with Gasteiger partial charge in [0.15, 0.2) is 0 Å². The minimum atomic E-state index is -0.492. The largest absolute Gasteiger partial charge is 0.325 e. The molecule has 1 N–H and O–H groups in total. The molecule has 3 nitrogen and oxygen atoms in total. The van der Waals surface area contributed by atoms with Crippen LogP contribution in [0.4, 0.5) is 5.69 Å². The summed E-state index contributed by atoms with van der Waals surface area (Å²) in [6.07, 6.45) is 1.74. The Morgan fingerprint density at radius 3 is 2.61 bits per heavy atom. The van der Waals surface area contributed by atoms with E-state index in [1.54, 1.807) is 0 Å². The normalized spacial score (nSPS) is 29.2. The molecule has 1 spiro atoms. The summed E-state index contributed by atoms with van der Waals surface area (Å²) in [5, 5.41) is 2.96. The van der Waals surface area contributed by atoms with E-state index in [9.17, 15) is 9.59 Å². The highest BCUT2D eigenvalue weighted by molar-refractivity contribution is 6.07. The SMILES string of the molecule is CC1(C)CC2(CCC1=O)C(=O)Nc1ccccc12. The van der Waals surface area contributed by atoms with Crippen molar-refractivity contribution in [3.05, 3.63) is 29.8 Å². The van der Waals surface area contributed by atoms with Gasteiger partial charge in [0.05, 0.1) is 5.41 Å². The smallest absolute Gasteiger partial charge is 0.235 e. The van der Waals surface area contributed by atoms with Crippen LogP contribution in [0, 0.1) is 5.41 Å². The molecular formula is C15H17NO2. The first-order chi connectivity index (χ1) is 8.46. The summed E-state index contributed by atoms with van der Waals surface area (Å²) in [7, 11) is 0. The average Bonchev–Trinajstić information content (AvgIpc) is 2.58. The van der Waals surface area contributed by atoms with Gasteiger partial charge in [-0.05, 0) is 24.5 Å². The van der Waals surface area contributed by atoms with E-state index in [4.69, 9.17) is 0 Å². The summed E-state index contributed by atoms with van der Waals surface area (Å²) in [6, 6.07) is 7.84. The van der Waals surface area contributed by atoms with Crippen LogP contribution in [-0.4, -0.2) is 11.7 Å². The Bertz CT molecular complexity index is 547. The van der Waals surface area contributed by atoms with Crippen molar-refractivity contribution in [2.75, 3.05) is 5.32 Å². The van der Waals surface area contributed by atoms with Gasteiger partial charge in [-0.15, -0.1) is 0 Å². The van der Waals surface area contributed by atoms with Crippen molar-refractivity contribution in [3.8, 4) is 0 Å². The summed E-state index contributed by atoms with van der Waals surface area (Å²) >= 11 is 0. The Morgan fingerprint density at radius 1 is 1.17 bits per heavy atom. The first kappa shape index (κ1) is 11.5. The number of carbonyl (C=O) groups excluding carboxylic acids is 2. The third-order valence-corrected chi connectivity index (χ3v) is 4.40. The van der Waals surface area contributed by atoms with E-state index < -0.39 is 10.8 Å². The van der Waals surface area contributed by atoms with Crippen LogP contribution < -0.4 is 5.32 Å². The van der Waals surface area contributed by atoms with E-state index in [2.05, 4.69) is 5.32 Å². The number of ketones is 1. The van der Waals surface area contributed by atoms with Crippen LogP contribution in [-0.2, 0) is 15.0 Å². The Morgan fingerprint density at radius 2 is 1.89 bits per heavy atom. The molecule has 1 aliphatic heterocycles. The van der Waals surface area contributed by atoms with Gasteiger partial charge in [0.1, 0.15) is 5.78 Å². The first-order valence-corrected chi connectivity index (χ1v) is 6.40. The van der Waals surface area contributed by atoms with Gasteiger partial charge in [0.2, 0.25) is 5.91 Å². The molecule has 1 aromatic rings. The highest BCUT2D eigenvalue weighted by Gasteiger charge is 2.53. The molecular weight excluding hydrogens is 226 g/mol. The zero-order valence-electron chi connectivity index (χ0n) is 10.7. The molecule has 1 aliphatic carbocycles. The molecule has 3 rings (SSSR count). The summed E-state index contributed by atoms with van der Waals surface area (Å²) in [4.78, 5) is 24.3. The minimum absolute atomic E-state index is 0.0595. The minimum Gasteiger partial charge on any atom is -0.325 e. The van der Waals surface area contributed by atoms with Gasteiger partial charge in [-0.25, -0.2) is 0 Å². The van der Waals surface area contributed by atoms with Gasteiger partial charge in [0, 0.05) is 17.5 Å². The molecule has 1 aromatic carbocycles. The number of rotatable bonds is 0. The van der Waals surface area contributed by atoms with E-state index in [-0.39, 0.29) is 11.7 Å². The fourth-order valence-corrected chi connectivity index (χ4v) is 3.40. The Labute approximate surface area is 107 Å². The molecule has 1 saturated carbocycles. The number of hydrogen-bond donors (Lipinski definition) is 1. The Balaban J connectivity index is 2.11. The number of carbonyl (C=O) groups is 2. The highest BCUT2D eigenvalue weighted by Crippen LogP contribution is 2.51. The lowest BCUT2D eigenvalue weighted by Gasteiger charge is -2.40. The number of amides is 1. The molecule has 1 fully saturated rings. The lowest BCUT2D eigenvalue weighted by Crippen LogP contribution is -2.46. The van der Waals surface area contributed by atoms with E-state index in [0.29, 0.717) is 19.3 Å². The summed E-state index contributed by atoms with van der Waals surface area (Å²) < 4.78 is 0. The zero-order valence-corrected chi connectivity index (χ0v) is 10.7. The summed E-state index contributed by atoms with van der Waals surface area (Å²) in [6.45, 7) is 3.90. The van der Waals surface area contributed by atoms with Gasteiger partial charge >= 0.3 is 0 Å². The van der Waals surface area contributed by atoms with E-state index in [1.807, 2.05) is 38.1 Å². The third-order valence-electron chi connectivity index (χ3n) is 4.40. The van der Waals surface area contributed by atoms with Crippen molar-refractivity contribution in [1.29, 1.82) is 0 Å². The number of hydrogen-bond acceptors (Lipinski definition) is 2. The Hall–Kier alpha value is -1.64. The maximum Gasteiger partial charge on any atom is 0.235 e. The second kappa shape index (κ2) is 3.44. The molecule has 1 amide bonds. The number of anilines is 1. The lowest BCUT2D eigenvalue weighted by molar-refractivity contribution is -0.134. The molecule has 1 heterocycles. The van der Waals surface area contributed by atoms with Crippen molar-refractivity contribution in [2.45, 2.75) is 38.5 Å². The maximum absolute atomic E-state index is 12.4. The predicted molar refractivity (Wildman–Crippen MR) is 69.4 cm³/mol. The number of para-hydroxylation sites is 1. The average molecular weight is 243 g/mol. The molecule has 1 atom stereocenters.